The lowest BCUT2D eigenvalue weighted by Crippen LogP contribution is -2.31. The van der Waals surface area contributed by atoms with Crippen molar-refractivity contribution in [3.63, 3.8) is 0 Å². The van der Waals surface area contributed by atoms with E-state index in [1.165, 1.54) is 6.39 Å². The molecule has 0 saturated carbocycles. The zero-order valence-electron chi connectivity index (χ0n) is 12.6. The van der Waals surface area contributed by atoms with E-state index in [0.717, 1.165) is 5.69 Å². The van der Waals surface area contributed by atoms with E-state index in [1.54, 1.807) is 24.0 Å². The highest BCUT2D eigenvalue weighted by Crippen LogP contribution is 2.26. The van der Waals surface area contributed by atoms with Crippen molar-refractivity contribution in [2.75, 3.05) is 18.0 Å². The Hall–Kier alpha value is -2.34. The number of hydrogen-bond acceptors (Lipinski definition) is 4. The van der Waals surface area contributed by atoms with Gasteiger partial charge < -0.3 is 14.6 Å². The maximum absolute atomic E-state index is 12.2. The molecule has 2 aromatic rings. The molecule has 0 bridgehead atoms. The van der Waals surface area contributed by atoms with Crippen LogP contribution in [0.2, 0.25) is 5.02 Å². The number of anilines is 1. The molecule has 23 heavy (non-hydrogen) atoms. The SMILES string of the molecule is Cc1ocnc1C(=O)NCC1CC(=O)N(c2ccc(Cl)cc2)C1. The molecule has 2 heterocycles. The minimum atomic E-state index is -0.284. The number of nitrogens with zero attached hydrogens (tertiary/aromatic N) is 2. The van der Waals surface area contributed by atoms with E-state index in [0.29, 0.717) is 30.3 Å². The standard InChI is InChI=1S/C16H16ClN3O3/c1-10-15(19-9-23-10)16(22)18-7-11-6-14(21)20(8-11)13-4-2-12(17)3-5-13/h2-5,9,11H,6-8H2,1H3,(H,18,22). The number of aromatic nitrogens is 1. The van der Waals surface area contributed by atoms with Crippen molar-refractivity contribution in [3.8, 4) is 0 Å². The van der Waals surface area contributed by atoms with Crippen molar-refractivity contribution in [1.82, 2.24) is 10.3 Å². The van der Waals surface area contributed by atoms with Crippen LogP contribution in [0.25, 0.3) is 0 Å². The molecular weight excluding hydrogens is 318 g/mol. The molecule has 0 radical (unpaired) electrons. The lowest BCUT2D eigenvalue weighted by molar-refractivity contribution is -0.117. The van der Waals surface area contributed by atoms with E-state index in [9.17, 15) is 9.59 Å². The van der Waals surface area contributed by atoms with Gasteiger partial charge in [-0.05, 0) is 31.2 Å². The Morgan fingerprint density at radius 3 is 2.83 bits per heavy atom. The quantitative estimate of drug-likeness (QED) is 0.932. The molecule has 1 unspecified atom stereocenters. The van der Waals surface area contributed by atoms with E-state index in [-0.39, 0.29) is 23.4 Å². The fourth-order valence-electron chi connectivity index (χ4n) is 2.63. The Morgan fingerprint density at radius 2 is 2.17 bits per heavy atom. The number of amides is 2. The number of carbonyl (C=O) groups is 2. The molecule has 1 saturated heterocycles. The number of benzene rings is 1. The summed E-state index contributed by atoms with van der Waals surface area (Å²) in [6, 6.07) is 7.15. The number of rotatable bonds is 4. The largest absolute Gasteiger partial charge is 0.448 e. The average Bonchev–Trinajstić information content (AvgIpc) is 3.12. The number of aryl methyl sites for hydroxylation is 1. The van der Waals surface area contributed by atoms with Crippen molar-refractivity contribution >= 4 is 29.1 Å². The number of hydrogen-bond donors (Lipinski definition) is 1. The van der Waals surface area contributed by atoms with Gasteiger partial charge in [0.25, 0.3) is 5.91 Å². The molecule has 1 fully saturated rings. The zero-order chi connectivity index (χ0) is 16.4. The van der Waals surface area contributed by atoms with Crippen LogP contribution in [0.1, 0.15) is 22.7 Å². The first-order valence-corrected chi connectivity index (χ1v) is 7.66. The third kappa shape index (κ3) is 3.37. The second-order valence-electron chi connectivity index (χ2n) is 5.52. The van der Waals surface area contributed by atoms with E-state index < -0.39 is 0 Å². The van der Waals surface area contributed by atoms with Gasteiger partial charge in [-0.15, -0.1) is 0 Å². The van der Waals surface area contributed by atoms with Crippen LogP contribution in [-0.4, -0.2) is 29.9 Å². The summed E-state index contributed by atoms with van der Waals surface area (Å²) in [6.07, 6.45) is 1.65. The van der Waals surface area contributed by atoms with E-state index in [4.69, 9.17) is 16.0 Å². The molecule has 2 amide bonds. The van der Waals surface area contributed by atoms with Gasteiger partial charge in [-0.1, -0.05) is 11.6 Å². The summed E-state index contributed by atoms with van der Waals surface area (Å²) in [5, 5.41) is 3.44. The summed E-state index contributed by atoms with van der Waals surface area (Å²) < 4.78 is 5.01. The molecule has 3 rings (SSSR count). The predicted molar refractivity (Wildman–Crippen MR) is 85.5 cm³/mol. The minimum absolute atomic E-state index is 0.0455. The summed E-state index contributed by atoms with van der Waals surface area (Å²) in [6.45, 7) is 2.67. The highest BCUT2D eigenvalue weighted by molar-refractivity contribution is 6.30. The normalized spacial score (nSPS) is 17.6. The van der Waals surface area contributed by atoms with Crippen LogP contribution in [-0.2, 0) is 4.79 Å². The lowest BCUT2D eigenvalue weighted by Gasteiger charge is -2.17. The fraction of sp³-hybridized carbons (Fsp3) is 0.312. The fourth-order valence-corrected chi connectivity index (χ4v) is 2.76. The van der Waals surface area contributed by atoms with Crippen LogP contribution in [0.3, 0.4) is 0 Å². The second-order valence-corrected chi connectivity index (χ2v) is 5.95. The maximum atomic E-state index is 12.2. The molecule has 1 aliphatic rings. The van der Waals surface area contributed by atoms with Gasteiger partial charge in [0.15, 0.2) is 12.1 Å². The predicted octanol–water partition coefficient (Wildman–Crippen LogP) is 2.42. The third-order valence-electron chi connectivity index (χ3n) is 3.85. The second kappa shape index (κ2) is 6.42. The molecule has 1 N–H and O–H groups in total. The third-order valence-corrected chi connectivity index (χ3v) is 4.11. The van der Waals surface area contributed by atoms with Crippen LogP contribution < -0.4 is 10.2 Å². The molecule has 120 valence electrons. The van der Waals surface area contributed by atoms with Gasteiger partial charge in [-0.25, -0.2) is 4.98 Å². The molecule has 6 nitrogen and oxygen atoms in total. The zero-order valence-corrected chi connectivity index (χ0v) is 13.3. The maximum Gasteiger partial charge on any atom is 0.273 e. The van der Waals surface area contributed by atoms with E-state index >= 15 is 0 Å². The Morgan fingerprint density at radius 1 is 1.43 bits per heavy atom. The summed E-state index contributed by atoms with van der Waals surface area (Å²) >= 11 is 5.87. The molecule has 7 heteroatoms. The Bertz CT molecular complexity index is 726. The number of halogens is 1. The minimum Gasteiger partial charge on any atom is -0.448 e. The average molecular weight is 334 g/mol. The van der Waals surface area contributed by atoms with Crippen molar-refractivity contribution < 1.29 is 14.0 Å². The van der Waals surface area contributed by atoms with Crippen molar-refractivity contribution in [1.29, 1.82) is 0 Å². The van der Waals surface area contributed by atoms with Crippen LogP contribution in [0.5, 0.6) is 0 Å². The van der Waals surface area contributed by atoms with Crippen LogP contribution in [0, 0.1) is 12.8 Å². The van der Waals surface area contributed by atoms with Gasteiger partial charge in [-0.3, -0.25) is 9.59 Å². The Labute approximate surface area is 138 Å². The van der Waals surface area contributed by atoms with Gasteiger partial charge in [0.2, 0.25) is 5.91 Å². The molecule has 0 aliphatic carbocycles. The van der Waals surface area contributed by atoms with Crippen molar-refractivity contribution in [2.45, 2.75) is 13.3 Å². The first-order valence-electron chi connectivity index (χ1n) is 7.29. The number of oxazole rings is 1. The molecule has 1 aromatic heterocycles. The topological polar surface area (TPSA) is 75.4 Å². The van der Waals surface area contributed by atoms with E-state index in [2.05, 4.69) is 10.3 Å². The molecule has 1 atom stereocenters. The summed E-state index contributed by atoms with van der Waals surface area (Å²) in [5.41, 5.74) is 1.10. The van der Waals surface area contributed by atoms with Gasteiger partial charge >= 0.3 is 0 Å². The van der Waals surface area contributed by atoms with Crippen LogP contribution in [0.15, 0.2) is 35.1 Å². The van der Waals surface area contributed by atoms with Crippen LogP contribution in [0.4, 0.5) is 5.69 Å². The summed E-state index contributed by atoms with van der Waals surface area (Å²) in [4.78, 5) is 29.8. The van der Waals surface area contributed by atoms with Gasteiger partial charge in [-0.2, -0.15) is 0 Å². The number of carbonyl (C=O) groups excluding carboxylic acids is 2. The first kappa shape index (κ1) is 15.6. The van der Waals surface area contributed by atoms with Crippen molar-refractivity contribution in [2.24, 2.45) is 5.92 Å². The Balaban J connectivity index is 1.59. The van der Waals surface area contributed by atoms with Crippen LogP contribution >= 0.6 is 11.6 Å². The molecule has 0 spiro atoms. The summed E-state index contributed by atoms with van der Waals surface area (Å²) in [5.74, 6) is 0.306. The van der Waals surface area contributed by atoms with Gasteiger partial charge in [0.05, 0.1) is 0 Å². The first-order chi connectivity index (χ1) is 11.0. The highest BCUT2D eigenvalue weighted by atomic mass is 35.5. The number of nitrogens with one attached hydrogen (secondary N) is 1. The monoisotopic (exact) mass is 333 g/mol. The Kier molecular flexibility index (Phi) is 4.34. The van der Waals surface area contributed by atoms with Gasteiger partial charge in [0.1, 0.15) is 5.76 Å². The van der Waals surface area contributed by atoms with Crippen molar-refractivity contribution in [3.05, 3.63) is 47.1 Å². The van der Waals surface area contributed by atoms with Gasteiger partial charge in [0, 0.05) is 36.1 Å². The molecule has 1 aliphatic heterocycles. The highest BCUT2D eigenvalue weighted by Gasteiger charge is 2.31. The summed E-state index contributed by atoms with van der Waals surface area (Å²) in [7, 11) is 0. The molecule has 1 aromatic carbocycles. The lowest BCUT2D eigenvalue weighted by atomic mass is 10.1. The molecular formula is C16H16ClN3O3. The smallest absolute Gasteiger partial charge is 0.273 e. The van der Waals surface area contributed by atoms with E-state index in [1.807, 2.05) is 12.1 Å².